The van der Waals surface area contributed by atoms with Gasteiger partial charge in [-0.1, -0.05) is 60.5 Å². The number of hydrogen-bond donors (Lipinski definition) is 0. The largest absolute Gasteiger partial charge is 0.284 e. The average molecular weight is 356 g/mol. The SMILES string of the molecule is C#CCn1c(C)nc2scc(-c3ccc(-c4ccccc4)cc3)c2c1=O. The second-order valence-corrected chi connectivity index (χ2v) is 6.89. The van der Waals surface area contributed by atoms with E-state index < -0.39 is 0 Å². The molecule has 0 saturated heterocycles. The van der Waals surface area contributed by atoms with Crippen LogP contribution >= 0.6 is 11.3 Å². The number of terminal acetylenes is 1. The third-order valence-corrected chi connectivity index (χ3v) is 5.31. The van der Waals surface area contributed by atoms with E-state index in [0.717, 1.165) is 21.5 Å². The molecule has 126 valence electrons. The van der Waals surface area contributed by atoms with Crippen molar-refractivity contribution in [2.45, 2.75) is 13.5 Å². The Morgan fingerprint density at radius 2 is 1.69 bits per heavy atom. The molecule has 0 N–H and O–H groups in total. The van der Waals surface area contributed by atoms with Crippen molar-refractivity contribution >= 4 is 21.6 Å². The van der Waals surface area contributed by atoms with E-state index in [1.807, 2.05) is 30.5 Å². The number of fused-ring (bicyclic) bond motifs is 1. The highest BCUT2D eigenvalue weighted by Crippen LogP contribution is 2.32. The zero-order valence-corrected chi connectivity index (χ0v) is 15.1. The standard InChI is InChI=1S/C22H16N2OS/c1-3-13-24-15(2)23-21-20(22(24)25)19(14-26-21)18-11-9-17(10-12-18)16-7-5-4-6-8-16/h1,4-12,14H,13H2,2H3. The smallest absolute Gasteiger partial charge is 0.263 e. The Kier molecular flexibility index (Phi) is 4.16. The lowest BCUT2D eigenvalue weighted by molar-refractivity contribution is 0.743. The molecule has 2 aromatic carbocycles. The first-order valence-corrected chi connectivity index (χ1v) is 9.15. The van der Waals surface area contributed by atoms with Gasteiger partial charge < -0.3 is 0 Å². The van der Waals surface area contributed by atoms with Gasteiger partial charge in [-0.25, -0.2) is 4.98 Å². The van der Waals surface area contributed by atoms with Gasteiger partial charge in [-0.05, 0) is 23.6 Å². The summed E-state index contributed by atoms with van der Waals surface area (Å²) in [5, 5.41) is 2.64. The van der Waals surface area contributed by atoms with Crippen molar-refractivity contribution < 1.29 is 0 Å². The minimum Gasteiger partial charge on any atom is -0.284 e. The third kappa shape index (κ3) is 2.73. The van der Waals surface area contributed by atoms with Crippen LogP contribution in [0.2, 0.25) is 0 Å². The number of hydrogen-bond acceptors (Lipinski definition) is 3. The van der Waals surface area contributed by atoms with Crippen LogP contribution in [0, 0.1) is 19.3 Å². The van der Waals surface area contributed by atoms with Gasteiger partial charge in [0.1, 0.15) is 10.7 Å². The van der Waals surface area contributed by atoms with Crippen molar-refractivity contribution in [2.75, 3.05) is 0 Å². The van der Waals surface area contributed by atoms with E-state index >= 15 is 0 Å². The van der Waals surface area contributed by atoms with Crippen molar-refractivity contribution in [3.63, 3.8) is 0 Å². The van der Waals surface area contributed by atoms with Gasteiger partial charge in [0.15, 0.2) is 0 Å². The van der Waals surface area contributed by atoms with E-state index in [4.69, 9.17) is 6.42 Å². The molecule has 2 heterocycles. The molecular weight excluding hydrogens is 340 g/mol. The molecule has 4 aromatic rings. The number of benzene rings is 2. The monoisotopic (exact) mass is 356 g/mol. The molecule has 26 heavy (non-hydrogen) atoms. The predicted octanol–water partition coefficient (Wildman–Crippen LogP) is 4.73. The highest BCUT2D eigenvalue weighted by molar-refractivity contribution is 7.17. The number of rotatable bonds is 3. The molecular formula is C22H16N2OS. The molecule has 4 heteroatoms. The van der Waals surface area contributed by atoms with Crippen molar-refractivity contribution in [1.29, 1.82) is 0 Å². The van der Waals surface area contributed by atoms with Gasteiger partial charge in [0.2, 0.25) is 0 Å². The minimum absolute atomic E-state index is 0.0752. The molecule has 2 aromatic heterocycles. The number of thiophene rings is 1. The Labute approximate surface area is 155 Å². The maximum atomic E-state index is 12.9. The fourth-order valence-corrected chi connectivity index (χ4v) is 4.07. The second kappa shape index (κ2) is 6.62. The van der Waals surface area contributed by atoms with Gasteiger partial charge in [-0.15, -0.1) is 17.8 Å². The van der Waals surface area contributed by atoms with Gasteiger partial charge in [-0.3, -0.25) is 9.36 Å². The molecule has 0 spiro atoms. The third-order valence-electron chi connectivity index (χ3n) is 4.44. The lowest BCUT2D eigenvalue weighted by atomic mass is 10.0. The first-order chi connectivity index (χ1) is 12.7. The Morgan fingerprint density at radius 3 is 2.38 bits per heavy atom. The Hall–Kier alpha value is -3.16. The highest BCUT2D eigenvalue weighted by Gasteiger charge is 2.15. The molecule has 0 saturated carbocycles. The van der Waals surface area contributed by atoms with E-state index in [0.29, 0.717) is 11.2 Å². The second-order valence-electron chi connectivity index (χ2n) is 6.03. The quantitative estimate of drug-likeness (QED) is 0.497. The van der Waals surface area contributed by atoms with Crippen LogP contribution in [0.4, 0.5) is 0 Å². The summed E-state index contributed by atoms with van der Waals surface area (Å²) in [4.78, 5) is 18.2. The molecule has 4 rings (SSSR count). The average Bonchev–Trinajstić information content (AvgIpc) is 3.10. The van der Waals surface area contributed by atoms with Crippen LogP contribution < -0.4 is 5.56 Å². The van der Waals surface area contributed by atoms with Gasteiger partial charge in [0.25, 0.3) is 5.56 Å². The summed E-state index contributed by atoms with van der Waals surface area (Å²) in [7, 11) is 0. The molecule has 0 amide bonds. The summed E-state index contributed by atoms with van der Waals surface area (Å²) < 4.78 is 1.55. The lowest BCUT2D eigenvalue weighted by Gasteiger charge is -2.07. The number of aromatic nitrogens is 2. The molecule has 0 unspecified atom stereocenters. The molecule has 3 nitrogen and oxygen atoms in total. The Bertz CT molecular complexity index is 1180. The Morgan fingerprint density at radius 1 is 1.04 bits per heavy atom. The fraction of sp³-hybridized carbons (Fsp3) is 0.0909. The fourth-order valence-electron chi connectivity index (χ4n) is 3.09. The van der Waals surface area contributed by atoms with E-state index in [1.54, 1.807) is 4.57 Å². The van der Waals surface area contributed by atoms with Gasteiger partial charge in [-0.2, -0.15) is 0 Å². The van der Waals surface area contributed by atoms with Gasteiger partial charge in [0.05, 0.1) is 11.9 Å². The molecule has 0 atom stereocenters. The van der Waals surface area contributed by atoms with E-state index in [9.17, 15) is 4.79 Å². The van der Waals surface area contributed by atoms with Crippen molar-refractivity contribution in [3.05, 3.63) is 76.2 Å². The first-order valence-electron chi connectivity index (χ1n) is 8.27. The summed E-state index contributed by atoms with van der Waals surface area (Å²) in [5.41, 5.74) is 4.16. The van der Waals surface area contributed by atoms with E-state index in [2.05, 4.69) is 47.3 Å². The normalized spacial score (nSPS) is 10.8. The number of nitrogens with zero attached hydrogens (tertiary/aromatic N) is 2. The molecule has 0 aliphatic heterocycles. The minimum atomic E-state index is -0.0752. The summed E-state index contributed by atoms with van der Waals surface area (Å²) in [5.74, 6) is 3.18. The maximum absolute atomic E-state index is 12.9. The van der Waals surface area contributed by atoms with Crippen LogP contribution in [0.15, 0.2) is 64.8 Å². The summed E-state index contributed by atoms with van der Waals surface area (Å²) >= 11 is 1.49. The molecule has 0 aliphatic rings. The maximum Gasteiger partial charge on any atom is 0.263 e. The van der Waals surface area contributed by atoms with Crippen molar-refractivity contribution in [3.8, 4) is 34.6 Å². The van der Waals surface area contributed by atoms with Crippen molar-refractivity contribution in [2.24, 2.45) is 0 Å². The summed E-state index contributed by atoms with van der Waals surface area (Å²) in [6.45, 7) is 2.04. The van der Waals surface area contributed by atoms with E-state index in [1.165, 1.54) is 16.9 Å². The molecule has 0 aliphatic carbocycles. The van der Waals surface area contributed by atoms with Crippen LogP contribution in [0.3, 0.4) is 0 Å². The molecule has 0 bridgehead atoms. The van der Waals surface area contributed by atoms with Gasteiger partial charge >= 0.3 is 0 Å². The predicted molar refractivity (Wildman–Crippen MR) is 108 cm³/mol. The Balaban J connectivity index is 1.84. The van der Waals surface area contributed by atoms with Crippen LogP contribution in [0.5, 0.6) is 0 Å². The number of aryl methyl sites for hydroxylation is 1. The lowest BCUT2D eigenvalue weighted by Crippen LogP contribution is -2.23. The van der Waals surface area contributed by atoms with E-state index in [-0.39, 0.29) is 12.1 Å². The topological polar surface area (TPSA) is 34.9 Å². The van der Waals surface area contributed by atoms with Gasteiger partial charge in [0, 0.05) is 10.9 Å². The zero-order chi connectivity index (χ0) is 18.1. The summed E-state index contributed by atoms with van der Waals surface area (Å²) in [6, 6.07) is 18.5. The zero-order valence-electron chi connectivity index (χ0n) is 14.3. The summed E-state index contributed by atoms with van der Waals surface area (Å²) in [6.07, 6.45) is 5.40. The van der Waals surface area contributed by atoms with Crippen molar-refractivity contribution in [1.82, 2.24) is 9.55 Å². The van der Waals surface area contributed by atoms with Crippen LogP contribution in [0.25, 0.3) is 32.5 Å². The highest BCUT2D eigenvalue weighted by atomic mass is 32.1. The van der Waals surface area contributed by atoms with Crippen LogP contribution in [0.1, 0.15) is 5.82 Å². The first kappa shape index (κ1) is 16.3. The van der Waals surface area contributed by atoms with Crippen LogP contribution in [-0.2, 0) is 6.54 Å². The molecule has 0 fully saturated rings. The van der Waals surface area contributed by atoms with Crippen LogP contribution in [-0.4, -0.2) is 9.55 Å². The molecule has 0 radical (unpaired) electrons.